The van der Waals surface area contributed by atoms with Crippen LogP contribution in [0.1, 0.15) is 32.3 Å². The van der Waals surface area contributed by atoms with Crippen molar-refractivity contribution in [1.82, 2.24) is 4.90 Å². The van der Waals surface area contributed by atoms with Crippen molar-refractivity contribution in [2.24, 2.45) is 11.8 Å². The predicted molar refractivity (Wildman–Crippen MR) is 103 cm³/mol. The van der Waals surface area contributed by atoms with Crippen molar-refractivity contribution in [2.45, 2.75) is 32.1 Å². The molecule has 0 N–H and O–H groups in total. The number of carbonyl (C=O) groups is 3. The lowest BCUT2D eigenvalue weighted by Gasteiger charge is -2.24. The van der Waals surface area contributed by atoms with Crippen LogP contribution < -0.4 is 4.90 Å². The Morgan fingerprint density at radius 2 is 1.70 bits per heavy atom. The van der Waals surface area contributed by atoms with Crippen LogP contribution >= 0.6 is 0 Å². The number of nitrogens with zero attached hydrogens (tertiary/aromatic N) is 2. The lowest BCUT2D eigenvalue weighted by Crippen LogP contribution is -2.36. The van der Waals surface area contributed by atoms with Gasteiger partial charge in [0.05, 0.1) is 18.4 Å². The minimum absolute atomic E-state index is 0.172. The van der Waals surface area contributed by atoms with Crippen molar-refractivity contribution in [3.05, 3.63) is 53.8 Å². The fraction of sp³-hybridized carbons (Fsp3) is 0.409. The third-order valence-electron chi connectivity index (χ3n) is 6.15. The minimum atomic E-state index is -0.308. The van der Waals surface area contributed by atoms with Crippen molar-refractivity contribution >= 4 is 23.3 Å². The van der Waals surface area contributed by atoms with E-state index in [0.717, 1.165) is 21.8 Å². The molecule has 0 unspecified atom stereocenters. The third-order valence-corrected chi connectivity index (χ3v) is 6.15. The molecule has 1 aromatic rings. The number of allylic oxidation sites excluding steroid dienone is 3. The van der Waals surface area contributed by atoms with E-state index in [1.165, 1.54) is 0 Å². The highest BCUT2D eigenvalue weighted by molar-refractivity contribution is 6.09. The van der Waals surface area contributed by atoms with Crippen LogP contribution in [0.25, 0.3) is 0 Å². The van der Waals surface area contributed by atoms with Gasteiger partial charge in [0.1, 0.15) is 0 Å². The molecule has 1 aliphatic carbocycles. The number of likely N-dealkylation sites (N-methyl/N-ethyl adjacent to an activating group) is 1. The van der Waals surface area contributed by atoms with Gasteiger partial charge in [-0.1, -0.05) is 44.2 Å². The Hall–Kier alpha value is -2.69. The summed E-state index contributed by atoms with van der Waals surface area (Å²) in [6, 6.07) is 8.08. The summed E-state index contributed by atoms with van der Waals surface area (Å²) in [5.41, 5.74) is 2.81. The smallest absolute Gasteiger partial charge is 0.233 e. The molecule has 1 fully saturated rings. The van der Waals surface area contributed by atoms with Gasteiger partial charge in [0.2, 0.25) is 11.8 Å². The maximum Gasteiger partial charge on any atom is 0.233 e. The normalized spacial score (nSPS) is 27.3. The van der Waals surface area contributed by atoms with Gasteiger partial charge in [0, 0.05) is 29.9 Å². The molecule has 4 rings (SSSR count). The van der Waals surface area contributed by atoms with Crippen molar-refractivity contribution in [3.8, 4) is 0 Å². The molecular weight excluding hydrogens is 340 g/mol. The minimum Gasteiger partial charge on any atom is -0.347 e. The highest BCUT2D eigenvalue weighted by Gasteiger charge is 2.47. The van der Waals surface area contributed by atoms with Gasteiger partial charge in [-0.25, -0.2) is 0 Å². The number of para-hydroxylation sites is 1. The topological polar surface area (TPSA) is 57.7 Å². The number of imide groups is 1. The highest BCUT2D eigenvalue weighted by Crippen LogP contribution is 2.46. The summed E-state index contributed by atoms with van der Waals surface area (Å²) in [5, 5.41) is 0. The Kier molecular flexibility index (Phi) is 4.06. The second-order valence-electron chi connectivity index (χ2n) is 8.12. The molecule has 0 saturated carbocycles. The molecule has 1 aromatic carbocycles. The van der Waals surface area contributed by atoms with Crippen LogP contribution in [0.15, 0.2) is 48.2 Å². The number of fused-ring (bicyclic) bond motifs is 2. The lowest BCUT2D eigenvalue weighted by atomic mass is 9.83. The zero-order chi connectivity index (χ0) is 19.3. The first-order chi connectivity index (χ1) is 12.8. The van der Waals surface area contributed by atoms with Gasteiger partial charge in [0.15, 0.2) is 5.78 Å². The van der Waals surface area contributed by atoms with E-state index >= 15 is 0 Å². The molecule has 27 heavy (non-hydrogen) atoms. The Morgan fingerprint density at radius 3 is 2.30 bits per heavy atom. The number of hydrogen-bond donors (Lipinski definition) is 0. The van der Waals surface area contributed by atoms with Gasteiger partial charge in [-0.05, 0) is 24.5 Å². The molecule has 2 atom stereocenters. The van der Waals surface area contributed by atoms with E-state index in [1.807, 2.05) is 42.3 Å². The summed E-state index contributed by atoms with van der Waals surface area (Å²) in [6.45, 7) is 4.00. The van der Waals surface area contributed by atoms with Crippen LogP contribution in [0.3, 0.4) is 0 Å². The number of carbonyl (C=O) groups excluding carboxylic acids is 3. The Bertz CT molecular complexity index is 871. The highest BCUT2D eigenvalue weighted by atomic mass is 16.2. The van der Waals surface area contributed by atoms with E-state index in [1.54, 1.807) is 6.08 Å². The largest absolute Gasteiger partial charge is 0.347 e. The Morgan fingerprint density at radius 1 is 1.11 bits per heavy atom. The van der Waals surface area contributed by atoms with E-state index in [9.17, 15) is 14.4 Å². The molecule has 5 heteroatoms. The fourth-order valence-electron chi connectivity index (χ4n) is 4.64. The Labute approximate surface area is 159 Å². The average molecular weight is 364 g/mol. The van der Waals surface area contributed by atoms with Crippen LogP contribution in [-0.2, 0) is 19.8 Å². The summed E-state index contributed by atoms with van der Waals surface area (Å²) in [5.74, 6) is -1.21. The lowest BCUT2D eigenvalue weighted by molar-refractivity contribution is -0.142. The SMILES string of the molecule is CN1/C(=C\C(=O)CN2C(=O)[C@@H]3CC=CC[C@H]3C2=O)C(C)(C)c2ccccc21. The standard InChI is InChI=1S/C22H24N2O3/c1-22(2)17-10-6-7-11-18(17)23(3)19(22)12-14(25)13-24-20(26)15-8-4-5-9-16(15)21(24)27/h4-7,10-12,15-16H,8-9,13H2,1-3H3/b19-12-/t15-,16-/m1/s1. The van der Waals surface area contributed by atoms with Gasteiger partial charge in [0.25, 0.3) is 0 Å². The van der Waals surface area contributed by atoms with E-state index < -0.39 is 0 Å². The van der Waals surface area contributed by atoms with Gasteiger partial charge in [-0.3, -0.25) is 19.3 Å². The van der Waals surface area contributed by atoms with Crippen molar-refractivity contribution in [1.29, 1.82) is 0 Å². The molecule has 0 spiro atoms. The van der Waals surface area contributed by atoms with Gasteiger partial charge in [-0.15, -0.1) is 0 Å². The second-order valence-corrected chi connectivity index (χ2v) is 8.12. The molecule has 2 amide bonds. The monoisotopic (exact) mass is 364 g/mol. The molecule has 0 bridgehead atoms. The molecule has 0 aromatic heterocycles. The van der Waals surface area contributed by atoms with Crippen LogP contribution in [-0.4, -0.2) is 36.1 Å². The molecule has 140 valence electrons. The van der Waals surface area contributed by atoms with Gasteiger partial charge >= 0.3 is 0 Å². The summed E-state index contributed by atoms with van der Waals surface area (Å²) in [7, 11) is 1.94. The number of ketones is 1. The van der Waals surface area contributed by atoms with E-state index in [2.05, 4.69) is 19.9 Å². The fourth-order valence-corrected chi connectivity index (χ4v) is 4.64. The van der Waals surface area contributed by atoms with Gasteiger partial charge < -0.3 is 4.90 Å². The first-order valence-electron chi connectivity index (χ1n) is 9.41. The first-order valence-corrected chi connectivity index (χ1v) is 9.41. The van der Waals surface area contributed by atoms with Crippen LogP contribution in [0, 0.1) is 11.8 Å². The van der Waals surface area contributed by atoms with Crippen LogP contribution in [0.4, 0.5) is 5.69 Å². The molecule has 5 nitrogen and oxygen atoms in total. The molecule has 2 heterocycles. The summed E-state index contributed by atoms with van der Waals surface area (Å²) in [6.07, 6.45) is 6.68. The molecule has 3 aliphatic rings. The summed E-state index contributed by atoms with van der Waals surface area (Å²) < 4.78 is 0. The van der Waals surface area contributed by atoms with Crippen molar-refractivity contribution in [2.75, 3.05) is 18.5 Å². The number of anilines is 1. The number of likely N-dealkylation sites (tertiary alicyclic amines) is 1. The molecule has 1 saturated heterocycles. The van der Waals surface area contributed by atoms with Crippen molar-refractivity contribution < 1.29 is 14.4 Å². The molecule has 2 aliphatic heterocycles. The molecular formula is C22H24N2O3. The van der Waals surface area contributed by atoms with E-state index in [-0.39, 0.29) is 41.4 Å². The van der Waals surface area contributed by atoms with E-state index in [4.69, 9.17) is 0 Å². The average Bonchev–Trinajstić information content (AvgIpc) is 3.01. The number of amides is 2. The second kappa shape index (κ2) is 6.19. The van der Waals surface area contributed by atoms with Crippen molar-refractivity contribution in [3.63, 3.8) is 0 Å². The molecule has 0 radical (unpaired) electrons. The van der Waals surface area contributed by atoms with Gasteiger partial charge in [-0.2, -0.15) is 0 Å². The maximum absolute atomic E-state index is 12.8. The zero-order valence-corrected chi connectivity index (χ0v) is 15.9. The van der Waals surface area contributed by atoms with E-state index in [0.29, 0.717) is 12.8 Å². The zero-order valence-electron chi connectivity index (χ0n) is 15.9. The summed E-state index contributed by atoms with van der Waals surface area (Å²) in [4.78, 5) is 41.1. The maximum atomic E-state index is 12.8. The first kappa shape index (κ1) is 17.7. The van der Waals surface area contributed by atoms with Crippen LogP contribution in [0.5, 0.6) is 0 Å². The quantitative estimate of drug-likeness (QED) is 0.470. The third kappa shape index (κ3) is 2.64. The predicted octanol–water partition coefficient (Wildman–Crippen LogP) is 2.82. The number of hydrogen-bond acceptors (Lipinski definition) is 4. The Balaban J connectivity index is 1.56. The number of benzene rings is 1. The summed E-state index contributed by atoms with van der Waals surface area (Å²) >= 11 is 0. The van der Waals surface area contributed by atoms with Crippen LogP contribution in [0.2, 0.25) is 0 Å². The number of rotatable bonds is 3.